The first kappa shape index (κ1) is 15.9. The number of sulfonamides is 1. The molecule has 6 nitrogen and oxygen atoms in total. The Balaban J connectivity index is 1.78. The minimum absolute atomic E-state index is 0.0382. The second kappa shape index (κ2) is 6.62. The number of hydrogen-bond acceptors (Lipinski definition) is 5. The Morgan fingerprint density at radius 3 is 2.77 bits per heavy atom. The Morgan fingerprint density at radius 1 is 1.36 bits per heavy atom. The molecule has 3 heterocycles. The number of hydrogen-bond donors (Lipinski definition) is 1. The van der Waals surface area contributed by atoms with Gasteiger partial charge < -0.3 is 4.74 Å². The monoisotopic (exact) mass is 325 g/mol. The molecule has 0 amide bonds. The summed E-state index contributed by atoms with van der Waals surface area (Å²) in [5.41, 5.74) is 1.19. The molecule has 2 saturated heterocycles. The lowest BCUT2D eigenvalue weighted by Crippen LogP contribution is -2.49. The maximum Gasteiger partial charge on any atom is 0.209 e. The molecule has 0 saturated carbocycles. The third-order valence-corrected chi connectivity index (χ3v) is 5.25. The van der Waals surface area contributed by atoms with Gasteiger partial charge in [-0.3, -0.25) is 9.88 Å². The average Bonchev–Trinajstić information content (AvgIpc) is 3.09. The molecule has 122 valence electrons. The first-order valence-corrected chi connectivity index (χ1v) is 9.62. The zero-order chi connectivity index (χ0) is 15.6. The quantitative estimate of drug-likeness (QED) is 0.849. The van der Waals surface area contributed by atoms with Crippen LogP contribution in [0, 0.1) is 0 Å². The molecule has 3 atom stereocenters. The topological polar surface area (TPSA) is 71.5 Å². The summed E-state index contributed by atoms with van der Waals surface area (Å²) in [6.45, 7) is 2.46. The van der Waals surface area contributed by atoms with Crippen molar-refractivity contribution in [2.24, 2.45) is 0 Å². The van der Waals surface area contributed by atoms with Gasteiger partial charge in [0.2, 0.25) is 10.0 Å². The van der Waals surface area contributed by atoms with Gasteiger partial charge >= 0.3 is 0 Å². The van der Waals surface area contributed by atoms with Gasteiger partial charge in [0.15, 0.2) is 0 Å². The van der Waals surface area contributed by atoms with Crippen molar-refractivity contribution in [2.75, 3.05) is 26.0 Å². The number of pyridine rings is 1. The lowest BCUT2D eigenvalue weighted by atomic mass is 10.0. The number of nitrogens with one attached hydrogen (secondary N) is 1. The first-order valence-electron chi connectivity index (χ1n) is 7.72. The summed E-state index contributed by atoms with van der Waals surface area (Å²) < 4.78 is 31.6. The number of nitrogens with zero attached hydrogens (tertiary/aromatic N) is 2. The molecule has 0 aliphatic carbocycles. The first-order chi connectivity index (χ1) is 10.5. The largest absolute Gasteiger partial charge is 0.380 e. The summed E-state index contributed by atoms with van der Waals surface area (Å²) in [4.78, 5) is 6.48. The van der Waals surface area contributed by atoms with Crippen molar-refractivity contribution in [3.05, 3.63) is 30.1 Å². The predicted molar refractivity (Wildman–Crippen MR) is 84.0 cm³/mol. The van der Waals surface area contributed by atoms with Crippen LogP contribution in [0.1, 0.15) is 18.4 Å². The maximum atomic E-state index is 11.6. The Kier molecular flexibility index (Phi) is 4.77. The average molecular weight is 325 g/mol. The van der Waals surface area contributed by atoms with E-state index in [0.717, 1.165) is 39.0 Å². The van der Waals surface area contributed by atoms with Crippen LogP contribution < -0.4 is 4.72 Å². The van der Waals surface area contributed by atoms with Crippen LogP contribution in [0.3, 0.4) is 0 Å². The Bertz CT molecular complexity index is 587. The van der Waals surface area contributed by atoms with Gasteiger partial charge in [0.25, 0.3) is 0 Å². The maximum absolute atomic E-state index is 11.6. The minimum Gasteiger partial charge on any atom is -0.380 e. The Morgan fingerprint density at radius 2 is 2.14 bits per heavy atom. The lowest BCUT2D eigenvalue weighted by Gasteiger charge is -2.32. The van der Waals surface area contributed by atoms with Gasteiger partial charge in [0.05, 0.1) is 12.9 Å². The molecule has 1 aromatic heterocycles. The molecule has 0 bridgehead atoms. The second-order valence-corrected chi connectivity index (χ2v) is 7.95. The molecule has 2 fully saturated rings. The van der Waals surface area contributed by atoms with Crippen LogP contribution in [0.4, 0.5) is 0 Å². The molecule has 1 aromatic rings. The highest BCUT2D eigenvalue weighted by atomic mass is 32.2. The molecule has 7 heteroatoms. The fourth-order valence-electron chi connectivity index (χ4n) is 3.55. The number of ether oxygens (including phenoxy) is 1. The molecule has 0 spiro atoms. The van der Waals surface area contributed by atoms with Crippen LogP contribution in [0.2, 0.25) is 0 Å². The molecule has 1 N–H and O–H groups in total. The van der Waals surface area contributed by atoms with Crippen molar-refractivity contribution in [2.45, 2.75) is 37.4 Å². The summed E-state index contributed by atoms with van der Waals surface area (Å²) in [7, 11) is -3.20. The summed E-state index contributed by atoms with van der Waals surface area (Å²) in [5, 5.41) is 0. The smallest absolute Gasteiger partial charge is 0.209 e. The van der Waals surface area contributed by atoms with E-state index in [4.69, 9.17) is 4.74 Å². The van der Waals surface area contributed by atoms with Crippen molar-refractivity contribution in [3.8, 4) is 0 Å². The molecule has 22 heavy (non-hydrogen) atoms. The summed E-state index contributed by atoms with van der Waals surface area (Å²) in [5.74, 6) is 0. The molecule has 2 aliphatic heterocycles. The number of aromatic nitrogens is 1. The highest BCUT2D eigenvalue weighted by molar-refractivity contribution is 7.88. The van der Waals surface area contributed by atoms with Gasteiger partial charge in [0.1, 0.15) is 0 Å². The van der Waals surface area contributed by atoms with E-state index >= 15 is 0 Å². The Hall–Kier alpha value is -1.02. The highest BCUT2D eigenvalue weighted by Gasteiger charge is 2.40. The molecular weight excluding hydrogens is 302 g/mol. The van der Waals surface area contributed by atoms with Crippen LogP contribution >= 0.6 is 0 Å². The van der Waals surface area contributed by atoms with Crippen molar-refractivity contribution in [1.82, 2.24) is 14.6 Å². The fraction of sp³-hybridized carbons (Fsp3) is 0.667. The van der Waals surface area contributed by atoms with Gasteiger partial charge in [-0.2, -0.15) is 0 Å². The third-order valence-electron chi connectivity index (χ3n) is 4.52. The summed E-state index contributed by atoms with van der Waals surface area (Å²) in [6, 6.07) is 4.53. The number of rotatable bonds is 5. The summed E-state index contributed by atoms with van der Waals surface area (Å²) in [6.07, 6.45) is 7.50. The molecule has 1 unspecified atom stereocenters. The van der Waals surface area contributed by atoms with E-state index in [-0.39, 0.29) is 12.1 Å². The van der Waals surface area contributed by atoms with E-state index < -0.39 is 10.0 Å². The van der Waals surface area contributed by atoms with Gasteiger partial charge in [-0.25, -0.2) is 13.1 Å². The van der Waals surface area contributed by atoms with Crippen molar-refractivity contribution < 1.29 is 13.2 Å². The van der Waals surface area contributed by atoms with Crippen molar-refractivity contribution in [3.63, 3.8) is 0 Å². The highest BCUT2D eigenvalue weighted by Crippen LogP contribution is 2.27. The zero-order valence-corrected chi connectivity index (χ0v) is 13.6. The van der Waals surface area contributed by atoms with Crippen LogP contribution in [-0.4, -0.2) is 62.4 Å². The van der Waals surface area contributed by atoms with Crippen LogP contribution in [0.15, 0.2) is 24.5 Å². The second-order valence-electron chi connectivity index (χ2n) is 6.17. The molecular formula is C15H23N3O3S. The van der Waals surface area contributed by atoms with Gasteiger partial charge in [-0.1, -0.05) is 0 Å². The van der Waals surface area contributed by atoms with Crippen LogP contribution in [0.5, 0.6) is 0 Å². The van der Waals surface area contributed by atoms with E-state index in [0.29, 0.717) is 6.04 Å². The van der Waals surface area contributed by atoms with Gasteiger partial charge in [-0.15, -0.1) is 0 Å². The fourth-order valence-corrected chi connectivity index (χ4v) is 4.37. The third kappa shape index (κ3) is 3.84. The van der Waals surface area contributed by atoms with E-state index in [1.165, 1.54) is 11.8 Å². The van der Waals surface area contributed by atoms with Crippen molar-refractivity contribution >= 4 is 10.0 Å². The predicted octanol–water partition coefficient (Wildman–Crippen LogP) is 0.405. The van der Waals surface area contributed by atoms with E-state index in [1.807, 2.05) is 12.1 Å². The number of likely N-dealkylation sites (tertiary alicyclic amines) is 1. The van der Waals surface area contributed by atoms with E-state index in [9.17, 15) is 8.42 Å². The molecule has 0 aromatic carbocycles. The normalized spacial score (nSPS) is 30.0. The Labute approximate surface area is 131 Å². The van der Waals surface area contributed by atoms with Crippen LogP contribution in [-0.2, 0) is 21.2 Å². The van der Waals surface area contributed by atoms with Gasteiger partial charge in [-0.05, 0) is 37.0 Å². The molecule has 2 aliphatic rings. The zero-order valence-electron chi connectivity index (χ0n) is 12.8. The van der Waals surface area contributed by atoms with E-state index in [2.05, 4.69) is 14.6 Å². The van der Waals surface area contributed by atoms with Crippen LogP contribution in [0.25, 0.3) is 0 Å². The molecule has 3 rings (SSSR count). The standard InChI is InChI=1S/C15H23N3O3S/c1-22(19,20)17-14-4-8-18(13-5-9-21-11-13)15(14)10-12-2-6-16-7-3-12/h2-3,6-7,13-15,17H,4-5,8-11H2,1H3/t13?,14-,15+/m1/s1. The molecule has 0 radical (unpaired) electrons. The van der Waals surface area contributed by atoms with E-state index in [1.54, 1.807) is 12.4 Å². The minimum atomic E-state index is -3.20. The lowest BCUT2D eigenvalue weighted by molar-refractivity contribution is 0.131. The summed E-state index contributed by atoms with van der Waals surface area (Å²) >= 11 is 0. The van der Waals surface area contributed by atoms with Crippen molar-refractivity contribution in [1.29, 1.82) is 0 Å². The SMILES string of the molecule is CS(=O)(=O)N[C@@H]1CCN(C2CCOC2)[C@H]1Cc1ccncc1. The van der Waals surface area contributed by atoms with Gasteiger partial charge in [0, 0.05) is 43.7 Å².